The lowest BCUT2D eigenvalue weighted by Crippen LogP contribution is -2.23. The maximum Gasteiger partial charge on any atom is 0.150 e. The van der Waals surface area contributed by atoms with Gasteiger partial charge in [-0.1, -0.05) is 12.1 Å². The molecule has 18 heavy (non-hydrogen) atoms. The number of nitrogens with zero attached hydrogens (tertiary/aromatic N) is 2. The molecule has 1 saturated heterocycles. The predicted octanol–water partition coefficient (Wildman–Crippen LogP) is 2.55. The molecule has 3 nitrogen and oxygen atoms in total. The molecular weight excluding hydrogens is 224 g/mol. The third kappa shape index (κ3) is 2.06. The molecule has 1 aromatic carbocycles. The molecule has 0 bridgehead atoms. The first kappa shape index (κ1) is 11.5. The number of aromatic nitrogens is 1. The van der Waals surface area contributed by atoms with E-state index in [4.69, 9.17) is 0 Å². The lowest BCUT2D eigenvalue weighted by Gasteiger charge is -2.15. The summed E-state index contributed by atoms with van der Waals surface area (Å²) >= 11 is 0. The number of fused-ring (bicyclic) bond motifs is 1. The Labute approximate surface area is 107 Å². The molecule has 94 valence electrons. The highest BCUT2D eigenvalue weighted by Crippen LogP contribution is 2.19. The van der Waals surface area contributed by atoms with E-state index in [1.54, 1.807) is 0 Å². The summed E-state index contributed by atoms with van der Waals surface area (Å²) in [6, 6.07) is 7.97. The van der Waals surface area contributed by atoms with Crippen LogP contribution < -0.4 is 0 Å². The number of hydrogen-bond acceptors (Lipinski definition) is 2. The minimum atomic E-state index is 0.785. The highest BCUT2D eigenvalue weighted by molar-refractivity contribution is 5.97. The number of likely N-dealkylation sites (tertiary alicyclic amines) is 1. The predicted molar refractivity (Wildman–Crippen MR) is 73.0 cm³/mol. The minimum Gasteiger partial charge on any atom is -0.346 e. The maximum absolute atomic E-state index is 11.0. The smallest absolute Gasteiger partial charge is 0.150 e. The van der Waals surface area contributed by atoms with Gasteiger partial charge in [-0.3, -0.25) is 4.79 Å². The average molecular weight is 242 g/mol. The highest BCUT2D eigenvalue weighted by Gasteiger charge is 2.11. The molecule has 1 aliphatic heterocycles. The van der Waals surface area contributed by atoms with E-state index in [0.29, 0.717) is 0 Å². The third-order valence-electron chi connectivity index (χ3n) is 3.83. The van der Waals surface area contributed by atoms with Crippen LogP contribution >= 0.6 is 0 Å². The maximum atomic E-state index is 11.0. The van der Waals surface area contributed by atoms with Crippen molar-refractivity contribution >= 4 is 17.2 Å². The molecule has 0 saturated carbocycles. The lowest BCUT2D eigenvalue weighted by atomic mass is 10.1. The van der Waals surface area contributed by atoms with Crippen LogP contribution in [0, 0.1) is 0 Å². The third-order valence-corrected chi connectivity index (χ3v) is 3.83. The number of aldehydes is 1. The second kappa shape index (κ2) is 4.94. The van der Waals surface area contributed by atoms with Crippen LogP contribution in [0.1, 0.15) is 23.2 Å². The zero-order valence-corrected chi connectivity index (χ0v) is 10.5. The van der Waals surface area contributed by atoms with Gasteiger partial charge in [-0.25, -0.2) is 0 Å². The number of hydrogen-bond donors (Lipinski definition) is 0. The van der Waals surface area contributed by atoms with E-state index in [-0.39, 0.29) is 0 Å². The SMILES string of the molecule is O=Cc1cccc2c1ccn2CCN1CCCC1. The summed E-state index contributed by atoms with van der Waals surface area (Å²) in [5.74, 6) is 0. The minimum absolute atomic E-state index is 0.785. The van der Waals surface area contributed by atoms with Crippen molar-refractivity contribution in [2.24, 2.45) is 0 Å². The Kier molecular flexibility index (Phi) is 3.15. The second-order valence-corrected chi connectivity index (χ2v) is 4.96. The van der Waals surface area contributed by atoms with Crippen molar-refractivity contribution < 1.29 is 4.79 Å². The van der Waals surface area contributed by atoms with Crippen LogP contribution in [-0.4, -0.2) is 35.4 Å². The molecule has 1 aromatic heterocycles. The fourth-order valence-electron chi connectivity index (χ4n) is 2.80. The first-order chi connectivity index (χ1) is 8.88. The van der Waals surface area contributed by atoms with Gasteiger partial charge in [0.25, 0.3) is 0 Å². The molecule has 1 aliphatic rings. The van der Waals surface area contributed by atoms with Crippen molar-refractivity contribution in [2.45, 2.75) is 19.4 Å². The van der Waals surface area contributed by atoms with Crippen molar-refractivity contribution in [3.63, 3.8) is 0 Å². The van der Waals surface area contributed by atoms with Crippen LogP contribution in [0.15, 0.2) is 30.5 Å². The standard InChI is InChI=1S/C15H18N2O/c18-12-13-4-3-5-15-14(13)6-9-17(15)11-10-16-7-1-2-8-16/h3-6,9,12H,1-2,7-8,10-11H2. The van der Waals surface area contributed by atoms with Gasteiger partial charge in [0.1, 0.15) is 0 Å². The van der Waals surface area contributed by atoms with Crippen LogP contribution in [0.3, 0.4) is 0 Å². The first-order valence-corrected chi connectivity index (χ1v) is 6.64. The zero-order chi connectivity index (χ0) is 12.4. The molecule has 0 radical (unpaired) electrons. The summed E-state index contributed by atoms with van der Waals surface area (Å²) in [4.78, 5) is 13.5. The summed E-state index contributed by atoms with van der Waals surface area (Å²) in [7, 11) is 0. The fourth-order valence-corrected chi connectivity index (χ4v) is 2.80. The lowest BCUT2D eigenvalue weighted by molar-refractivity contribution is 0.112. The first-order valence-electron chi connectivity index (χ1n) is 6.64. The quantitative estimate of drug-likeness (QED) is 0.770. The zero-order valence-electron chi connectivity index (χ0n) is 10.5. The Morgan fingerprint density at radius 3 is 2.72 bits per heavy atom. The van der Waals surface area contributed by atoms with E-state index < -0.39 is 0 Å². The van der Waals surface area contributed by atoms with Crippen molar-refractivity contribution in [3.05, 3.63) is 36.0 Å². The molecule has 2 aromatic rings. The number of rotatable bonds is 4. The van der Waals surface area contributed by atoms with Gasteiger partial charge in [0, 0.05) is 35.8 Å². The van der Waals surface area contributed by atoms with Crippen LogP contribution in [0.5, 0.6) is 0 Å². The monoisotopic (exact) mass is 242 g/mol. The van der Waals surface area contributed by atoms with Gasteiger partial charge < -0.3 is 9.47 Å². The van der Waals surface area contributed by atoms with Gasteiger partial charge in [-0.2, -0.15) is 0 Å². The molecule has 0 spiro atoms. The van der Waals surface area contributed by atoms with Crippen molar-refractivity contribution in [1.82, 2.24) is 9.47 Å². The van der Waals surface area contributed by atoms with Crippen molar-refractivity contribution in [2.75, 3.05) is 19.6 Å². The summed E-state index contributed by atoms with van der Waals surface area (Å²) in [6.45, 7) is 4.58. The second-order valence-electron chi connectivity index (χ2n) is 4.96. The van der Waals surface area contributed by atoms with Crippen LogP contribution in [0.25, 0.3) is 10.9 Å². The molecule has 1 fully saturated rings. The molecule has 0 aliphatic carbocycles. The van der Waals surface area contributed by atoms with Gasteiger partial charge in [0.2, 0.25) is 0 Å². The summed E-state index contributed by atoms with van der Waals surface area (Å²) in [5.41, 5.74) is 1.95. The fraction of sp³-hybridized carbons (Fsp3) is 0.400. The topological polar surface area (TPSA) is 25.2 Å². The number of benzene rings is 1. The van der Waals surface area contributed by atoms with Crippen molar-refractivity contribution in [3.8, 4) is 0 Å². The van der Waals surface area contributed by atoms with Gasteiger partial charge in [0.15, 0.2) is 6.29 Å². The Balaban J connectivity index is 1.81. The van der Waals surface area contributed by atoms with E-state index in [0.717, 1.165) is 30.3 Å². The molecule has 0 amide bonds. The number of carbonyl (C=O) groups excluding carboxylic acids is 1. The Morgan fingerprint density at radius 2 is 1.94 bits per heavy atom. The van der Waals surface area contributed by atoms with Gasteiger partial charge >= 0.3 is 0 Å². The molecule has 0 unspecified atom stereocenters. The Bertz CT molecular complexity index is 553. The van der Waals surface area contributed by atoms with Crippen molar-refractivity contribution in [1.29, 1.82) is 0 Å². The largest absolute Gasteiger partial charge is 0.346 e. The van der Waals surface area contributed by atoms with Crippen LogP contribution in [0.2, 0.25) is 0 Å². The summed E-state index contributed by atoms with van der Waals surface area (Å²) in [5, 5.41) is 1.06. The average Bonchev–Trinajstić information content (AvgIpc) is 3.05. The van der Waals surface area contributed by atoms with Crippen LogP contribution in [-0.2, 0) is 6.54 Å². The van der Waals surface area contributed by atoms with Gasteiger partial charge in [-0.15, -0.1) is 0 Å². The molecule has 2 heterocycles. The van der Waals surface area contributed by atoms with Crippen LogP contribution in [0.4, 0.5) is 0 Å². The molecule has 0 atom stereocenters. The molecular formula is C15H18N2O. The normalized spacial score (nSPS) is 16.4. The van der Waals surface area contributed by atoms with E-state index in [2.05, 4.69) is 21.7 Å². The van der Waals surface area contributed by atoms with Gasteiger partial charge in [0.05, 0.1) is 0 Å². The summed E-state index contributed by atoms with van der Waals surface area (Å²) < 4.78 is 2.25. The summed E-state index contributed by atoms with van der Waals surface area (Å²) in [6.07, 6.45) is 5.70. The Hall–Kier alpha value is -1.61. The van der Waals surface area contributed by atoms with E-state index in [1.807, 2.05) is 18.2 Å². The molecule has 0 N–H and O–H groups in total. The number of carbonyl (C=O) groups is 1. The molecule has 3 heteroatoms. The van der Waals surface area contributed by atoms with E-state index in [1.165, 1.54) is 31.4 Å². The Morgan fingerprint density at radius 1 is 1.11 bits per heavy atom. The molecule has 3 rings (SSSR count). The van der Waals surface area contributed by atoms with Gasteiger partial charge in [-0.05, 0) is 38.1 Å². The highest BCUT2D eigenvalue weighted by atomic mass is 16.1. The van der Waals surface area contributed by atoms with E-state index in [9.17, 15) is 4.79 Å². The van der Waals surface area contributed by atoms with E-state index >= 15 is 0 Å².